The summed E-state index contributed by atoms with van der Waals surface area (Å²) in [7, 11) is 0. The molecule has 0 aliphatic carbocycles. The first kappa shape index (κ1) is 31.9. The Morgan fingerprint density at radius 3 is 1.54 bits per heavy atom. The number of rotatable bonds is 6. The second-order valence-corrected chi connectivity index (χ2v) is 14.1. The van der Waals surface area contributed by atoms with Gasteiger partial charge in [-0.1, -0.05) is 140 Å². The molecule has 5 heteroatoms. The highest BCUT2D eigenvalue weighted by Gasteiger charge is 2.18. The van der Waals surface area contributed by atoms with Gasteiger partial charge in [0.2, 0.25) is 0 Å². The largest absolute Gasteiger partial charge is 0.456 e. The Kier molecular flexibility index (Phi) is 7.42. The number of fused-ring (bicyclic) bond motifs is 6. The Morgan fingerprint density at radius 1 is 0.304 bits per heavy atom. The van der Waals surface area contributed by atoms with Crippen molar-refractivity contribution >= 4 is 43.7 Å². The van der Waals surface area contributed by atoms with E-state index in [4.69, 9.17) is 19.4 Å². The number of aromatic nitrogens is 4. The van der Waals surface area contributed by atoms with Gasteiger partial charge >= 0.3 is 0 Å². The Balaban J connectivity index is 1.04. The van der Waals surface area contributed by atoms with Crippen LogP contribution in [0.2, 0.25) is 0 Å². The van der Waals surface area contributed by atoms with Crippen LogP contribution in [0.4, 0.5) is 0 Å². The third-order valence-corrected chi connectivity index (χ3v) is 10.7. The third-order valence-electron chi connectivity index (χ3n) is 10.7. The van der Waals surface area contributed by atoms with Gasteiger partial charge in [-0.15, -0.1) is 0 Å². The van der Waals surface area contributed by atoms with Crippen LogP contribution in [0, 0.1) is 0 Å². The first-order chi connectivity index (χ1) is 27.7. The maximum Gasteiger partial charge on any atom is 0.164 e. The number of nitrogens with zero attached hydrogens (tertiary/aromatic N) is 4. The second-order valence-electron chi connectivity index (χ2n) is 14.1. The fourth-order valence-electron chi connectivity index (χ4n) is 7.90. The Morgan fingerprint density at radius 2 is 0.821 bits per heavy atom. The second kappa shape index (κ2) is 13.0. The standard InChI is InChI=1S/C51H32N4O/c1-4-12-33(13-5-1)35-20-22-37(23-21-35)50-52-49(36-16-8-3-9-17-36)53-51(54-50)39-25-28-46-43(30-39)41-18-10-11-19-45(41)55(46)40-26-29-47-44(32-40)42-27-24-38(31-48(42)56-47)34-14-6-2-7-15-34/h1-32H. The van der Waals surface area contributed by atoms with Crippen molar-refractivity contribution in [1.29, 1.82) is 0 Å². The lowest BCUT2D eigenvalue weighted by Crippen LogP contribution is -2.00. The highest BCUT2D eigenvalue weighted by atomic mass is 16.3. The molecule has 8 aromatic carbocycles. The molecule has 0 radical (unpaired) electrons. The summed E-state index contributed by atoms with van der Waals surface area (Å²) >= 11 is 0. The van der Waals surface area contributed by atoms with E-state index in [-0.39, 0.29) is 0 Å². The summed E-state index contributed by atoms with van der Waals surface area (Å²) in [5.74, 6) is 1.89. The minimum absolute atomic E-state index is 0.626. The quantitative estimate of drug-likeness (QED) is 0.172. The van der Waals surface area contributed by atoms with Gasteiger partial charge in [-0.2, -0.15) is 0 Å². The van der Waals surface area contributed by atoms with Crippen molar-refractivity contribution < 1.29 is 4.42 Å². The van der Waals surface area contributed by atoms with E-state index in [1.54, 1.807) is 0 Å². The number of hydrogen-bond donors (Lipinski definition) is 0. The van der Waals surface area contributed by atoms with Crippen LogP contribution in [0.25, 0.3) is 106 Å². The van der Waals surface area contributed by atoms with Gasteiger partial charge in [-0.3, -0.25) is 0 Å². The lowest BCUT2D eigenvalue weighted by molar-refractivity contribution is 0.669. The average Bonchev–Trinajstić information content (AvgIpc) is 3.81. The van der Waals surface area contributed by atoms with Crippen molar-refractivity contribution in [3.05, 3.63) is 194 Å². The molecule has 5 nitrogen and oxygen atoms in total. The zero-order valence-corrected chi connectivity index (χ0v) is 30.2. The van der Waals surface area contributed by atoms with E-state index in [9.17, 15) is 0 Å². The molecule has 0 amide bonds. The molecule has 0 saturated heterocycles. The van der Waals surface area contributed by atoms with Crippen molar-refractivity contribution in [2.75, 3.05) is 0 Å². The molecule has 56 heavy (non-hydrogen) atoms. The molecule has 0 saturated carbocycles. The number of para-hydroxylation sites is 1. The number of furan rings is 1. The van der Waals surface area contributed by atoms with Crippen LogP contribution in [0.15, 0.2) is 199 Å². The lowest BCUT2D eigenvalue weighted by atomic mass is 10.0. The summed E-state index contributed by atoms with van der Waals surface area (Å²) in [5.41, 5.74) is 12.5. The Bertz CT molecular complexity index is 3220. The van der Waals surface area contributed by atoms with Crippen LogP contribution in [0.3, 0.4) is 0 Å². The van der Waals surface area contributed by atoms with Gasteiger partial charge in [0.05, 0.1) is 11.0 Å². The highest BCUT2D eigenvalue weighted by Crippen LogP contribution is 2.38. The van der Waals surface area contributed by atoms with Gasteiger partial charge in [-0.25, -0.2) is 15.0 Å². The molecule has 0 aliphatic heterocycles. The molecule has 3 aromatic heterocycles. The van der Waals surface area contributed by atoms with Crippen molar-refractivity contribution in [1.82, 2.24) is 19.5 Å². The smallest absolute Gasteiger partial charge is 0.164 e. The lowest BCUT2D eigenvalue weighted by Gasteiger charge is -2.10. The molecular formula is C51H32N4O. The zero-order chi connectivity index (χ0) is 37.0. The van der Waals surface area contributed by atoms with Crippen molar-refractivity contribution in [2.24, 2.45) is 0 Å². The maximum absolute atomic E-state index is 6.41. The molecule has 0 fully saturated rings. The van der Waals surface area contributed by atoms with Crippen LogP contribution in [0.1, 0.15) is 0 Å². The molecule has 0 spiro atoms. The first-order valence-corrected chi connectivity index (χ1v) is 18.8. The summed E-state index contributed by atoms with van der Waals surface area (Å²) < 4.78 is 8.75. The predicted molar refractivity (Wildman–Crippen MR) is 229 cm³/mol. The normalized spacial score (nSPS) is 11.6. The van der Waals surface area contributed by atoms with Crippen LogP contribution >= 0.6 is 0 Å². The van der Waals surface area contributed by atoms with Gasteiger partial charge in [0, 0.05) is 43.9 Å². The van der Waals surface area contributed by atoms with Crippen LogP contribution < -0.4 is 0 Å². The van der Waals surface area contributed by atoms with E-state index >= 15 is 0 Å². The van der Waals surface area contributed by atoms with Gasteiger partial charge < -0.3 is 8.98 Å². The maximum atomic E-state index is 6.41. The summed E-state index contributed by atoms with van der Waals surface area (Å²) in [6, 6.07) is 67.5. The fraction of sp³-hybridized carbons (Fsp3) is 0. The summed E-state index contributed by atoms with van der Waals surface area (Å²) in [6.45, 7) is 0. The Labute approximate surface area is 322 Å². The van der Waals surface area contributed by atoms with E-state index in [2.05, 4.69) is 156 Å². The molecule has 11 rings (SSSR count). The summed E-state index contributed by atoms with van der Waals surface area (Å²) in [6.07, 6.45) is 0. The molecule has 0 N–H and O–H groups in total. The van der Waals surface area contributed by atoms with Crippen molar-refractivity contribution in [2.45, 2.75) is 0 Å². The third kappa shape index (κ3) is 5.45. The van der Waals surface area contributed by atoms with E-state index in [0.29, 0.717) is 17.5 Å². The van der Waals surface area contributed by atoms with Crippen molar-refractivity contribution in [3.63, 3.8) is 0 Å². The molecule has 0 unspecified atom stereocenters. The average molecular weight is 717 g/mol. The van der Waals surface area contributed by atoms with Crippen LogP contribution in [0.5, 0.6) is 0 Å². The molecule has 0 aliphatic rings. The molecular weight excluding hydrogens is 685 g/mol. The van der Waals surface area contributed by atoms with E-state index in [0.717, 1.165) is 77.2 Å². The van der Waals surface area contributed by atoms with Crippen molar-refractivity contribution in [3.8, 4) is 62.1 Å². The first-order valence-electron chi connectivity index (χ1n) is 18.8. The SMILES string of the molecule is c1ccc(-c2ccc(-c3nc(-c4ccccc4)nc(-c4ccc5c(c4)c4ccccc4n5-c4ccc5oc6cc(-c7ccccc7)ccc6c5c4)n3)cc2)cc1. The Hall–Kier alpha value is -7.63. The number of hydrogen-bond acceptors (Lipinski definition) is 4. The van der Waals surface area contributed by atoms with Crippen LogP contribution in [-0.4, -0.2) is 19.5 Å². The van der Waals surface area contributed by atoms with Crippen LogP contribution in [-0.2, 0) is 0 Å². The van der Waals surface area contributed by atoms with Gasteiger partial charge in [0.15, 0.2) is 17.5 Å². The molecule has 3 heterocycles. The molecule has 262 valence electrons. The summed E-state index contributed by atoms with van der Waals surface area (Å²) in [5, 5.41) is 4.46. The van der Waals surface area contributed by atoms with Gasteiger partial charge in [-0.05, 0) is 76.9 Å². The minimum Gasteiger partial charge on any atom is -0.456 e. The minimum atomic E-state index is 0.626. The summed E-state index contributed by atoms with van der Waals surface area (Å²) in [4.78, 5) is 15.1. The molecule has 0 atom stereocenters. The van der Waals surface area contributed by atoms with Gasteiger partial charge in [0.1, 0.15) is 11.2 Å². The van der Waals surface area contributed by atoms with E-state index in [1.807, 2.05) is 42.5 Å². The topological polar surface area (TPSA) is 56.7 Å². The fourth-order valence-corrected chi connectivity index (χ4v) is 7.90. The highest BCUT2D eigenvalue weighted by molar-refractivity contribution is 6.11. The number of benzene rings is 8. The van der Waals surface area contributed by atoms with E-state index in [1.165, 1.54) is 11.1 Å². The predicted octanol–water partition coefficient (Wildman–Crippen LogP) is 13.2. The van der Waals surface area contributed by atoms with Gasteiger partial charge in [0.25, 0.3) is 0 Å². The monoisotopic (exact) mass is 716 g/mol. The molecule has 11 aromatic rings. The zero-order valence-electron chi connectivity index (χ0n) is 30.2. The molecule has 0 bridgehead atoms. The van der Waals surface area contributed by atoms with E-state index < -0.39 is 0 Å².